The van der Waals surface area contributed by atoms with Crippen molar-refractivity contribution in [2.75, 3.05) is 0 Å². The number of nitrogens with one attached hydrogen (secondary N) is 1. The lowest BCUT2D eigenvalue weighted by molar-refractivity contribution is -0.123. The van der Waals surface area contributed by atoms with E-state index in [0.717, 1.165) is 12.8 Å². The molecule has 166 valence electrons. The molecule has 2 aromatic carbocycles. The lowest BCUT2D eigenvalue weighted by atomic mass is 9.98. The smallest absolute Gasteiger partial charge is 0.339 e. The Bertz CT molecular complexity index is 1060. The highest BCUT2D eigenvalue weighted by molar-refractivity contribution is 7.90. The number of benzene rings is 2. The number of carbonyl (C=O) groups is 2. The Kier molecular flexibility index (Phi) is 8.26. The van der Waals surface area contributed by atoms with Crippen LogP contribution in [0, 0.1) is 5.92 Å². The van der Waals surface area contributed by atoms with Gasteiger partial charge in [0.15, 0.2) is 0 Å². The van der Waals surface area contributed by atoms with E-state index in [1.165, 1.54) is 42.5 Å². The predicted molar refractivity (Wildman–Crippen MR) is 114 cm³/mol. The molecule has 0 aliphatic heterocycles. The average Bonchev–Trinajstić information content (AvgIpc) is 2.72. The van der Waals surface area contributed by atoms with Gasteiger partial charge >= 0.3 is 5.97 Å². The maximum Gasteiger partial charge on any atom is 0.339 e. The second kappa shape index (κ2) is 10.7. The van der Waals surface area contributed by atoms with Gasteiger partial charge in [0.05, 0.1) is 16.3 Å². The molecule has 0 saturated carbocycles. The average molecular weight is 448 g/mol. The Hall–Kier alpha value is -3.27. The first-order valence-corrected chi connectivity index (χ1v) is 11.3. The molecule has 2 aromatic rings. The number of hydrogen-bond acceptors (Lipinski definition) is 7. The monoisotopic (exact) mass is 447 g/mol. The maximum atomic E-state index is 12.5. The first kappa shape index (κ1) is 24.0. The van der Waals surface area contributed by atoms with Gasteiger partial charge in [-0.15, -0.1) is 0 Å². The number of carboxylic acid groups (broad SMARTS) is 1. The van der Waals surface area contributed by atoms with Gasteiger partial charge in [0.1, 0.15) is 11.3 Å². The number of amides is 1. The molecule has 0 aromatic heterocycles. The molecule has 0 atom stereocenters. The summed E-state index contributed by atoms with van der Waals surface area (Å²) in [4.78, 5) is 23.3. The van der Waals surface area contributed by atoms with Gasteiger partial charge in [-0.05, 0) is 55.3 Å². The number of phenols is 1. The molecule has 10 heteroatoms. The van der Waals surface area contributed by atoms with Crippen molar-refractivity contribution in [3.05, 3.63) is 48.0 Å². The fraction of sp³-hybridized carbons (Fsp3) is 0.333. The molecule has 0 radical (unpaired) electrons. The van der Waals surface area contributed by atoms with Crippen LogP contribution < -0.4 is 4.72 Å². The molecular weight excluding hydrogens is 422 g/mol. The van der Waals surface area contributed by atoms with Crippen molar-refractivity contribution in [3.63, 3.8) is 0 Å². The van der Waals surface area contributed by atoms with E-state index >= 15 is 0 Å². The summed E-state index contributed by atoms with van der Waals surface area (Å²) in [5.41, 5.74) is 0.222. The first-order chi connectivity index (χ1) is 14.7. The number of rotatable bonds is 10. The van der Waals surface area contributed by atoms with Gasteiger partial charge in [-0.1, -0.05) is 26.7 Å². The summed E-state index contributed by atoms with van der Waals surface area (Å²) in [6.07, 6.45) is 2.81. The molecule has 0 bridgehead atoms. The second-order valence-corrected chi connectivity index (χ2v) is 8.63. The molecule has 0 saturated heterocycles. The van der Waals surface area contributed by atoms with E-state index in [4.69, 9.17) is 5.11 Å². The number of azo groups is 1. The molecular formula is C21H25N3O6S. The molecule has 0 fully saturated rings. The summed E-state index contributed by atoms with van der Waals surface area (Å²) in [6.45, 7) is 3.89. The second-order valence-electron chi connectivity index (χ2n) is 6.94. The van der Waals surface area contributed by atoms with Crippen LogP contribution in [0.5, 0.6) is 5.75 Å². The van der Waals surface area contributed by atoms with Crippen molar-refractivity contribution >= 4 is 33.3 Å². The van der Waals surface area contributed by atoms with E-state index in [9.17, 15) is 23.1 Å². The van der Waals surface area contributed by atoms with Crippen LogP contribution in [0.4, 0.5) is 11.4 Å². The van der Waals surface area contributed by atoms with E-state index in [2.05, 4.69) is 15.0 Å². The van der Waals surface area contributed by atoms with Crippen molar-refractivity contribution in [1.29, 1.82) is 0 Å². The van der Waals surface area contributed by atoms with Gasteiger partial charge in [-0.3, -0.25) is 4.79 Å². The third-order valence-corrected chi connectivity index (χ3v) is 5.88. The van der Waals surface area contributed by atoms with Crippen LogP contribution in [0.3, 0.4) is 0 Å². The quantitative estimate of drug-likeness (QED) is 0.456. The Morgan fingerprint density at radius 3 is 2.06 bits per heavy atom. The minimum Gasteiger partial charge on any atom is -0.507 e. The fourth-order valence-corrected chi connectivity index (χ4v) is 3.99. The highest BCUT2D eigenvalue weighted by Gasteiger charge is 2.23. The van der Waals surface area contributed by atoms with Crippen LogP contribution >= 0.6 is 0 Å². The normalized spacial score (nSPS) is 11.7. The Balaban J connectivity index is 2.13. The molecule has 0 spiro atoms. The first-order valence-electron chi connectivity index (χ1n) is 9.82. The minimum atomic E-state index is -4.01. The zero-order valence-corrected chi connectivity index (χ0v) is 18.1. The summed E-state index contributed by atoms with van der Waals surface area (Å²) in [7, 11) is -4.01. The molecule has 3 N–H and O–H groups in total. The van der Waals surface area contributed by atoms with Gasteiger partial charge in [-0.25, -0.2) is 17.9 Å². The van der Waals surface area contributed by atoms with Crippen LogP contribution in [-0.4, -0.2) is 30.5 Å². The molecule has 31 heavy (non-hydrogen) atoms. The highest BCUT2D eigenvalue weighted by atomic mass is 32.2. The van der Waals surface area contributed by atoms with Crippen LogP contribution in [0.1, 0.15) is 49.9 Å². The Labute approximate surface area is 180 Å². The minimum absolute atomic E-state index is 0.0793. The number of aromatic carboxylic acids is 1. The van der Waals surface area contributed by atoms with E-state index in [1.807, 2.05) is 13.8 Å². The van der Waals surface area contributed by atoms with E-state index in [0.29, 0.717) is 18.5 Å². The Morgan fingerprint density at radius 2 is 1.52 bits per heavy atom. The third-order valence-electron chi connectivity index (χ3n) is 4.52. The molecule has 9 nitrogen and oxygen atoms in total. The van der Waals surface area contributed by atoms with E-state index in [-0.39, 0.29) is 27.8 Å². The number of aromatic hydroxyl groups is 1. The topological polar surface area (TPSA) is 145 Å². The summed E-state index contributed by atoms with van der Waals surface area (Å²) < 4.78 is 27.2. The van der Waals surface area contributed by atoms with Crippen LogP contribution in [-0.2, 0) is 14.8 Å². The van der Waals surface area contributed by atoms with Crippen LogP contribution in [0.25, 0.3) is 0 Å². The van der Waals surface area contributed by atoms with Gasteiger partial charge < -0.3 is 10.2 Å². The number of sulfonamides is 1. The van der Waals surface area contributed by atoms with Crippen LogP contribution in [0.2, 0.25) is 0 Å². The number of nitrogens with zero attached hydrogens (tertiary/aromatic N) is 2. The van der Waals surface area contributed by atoms with Gasteiger partial charge in [0, 0.05) is 5.92 Å². The summed E-state index contributed by atoms with van der Waals surface area (Å²) >= 11 is 0. The molecule has 0 aliphatic rings. The lowest BCUT2D eigenvalue weighted by Crippen LogP contribution is -2.35. The summed E-state index contributed by atoms with van der Waals surface area (Å²) in [5.74, 6) is -2.54. The molecule has 0 aliphatic carbocycles. The molecule has 2 rings (SSSR count). The SMILES string of the molecule is CCCC(CCC)C(=O)NS(=O)(=O)c1ccc(N=Nc2ccc(O)c(C(=O)O)c2)cc1. The highest BCUT2D eigenvalue weighted by Crippen LogP contribution is 2.25. The third kappa shape index (κ3) is 6.61. The molecule has 1 amide bonds. The van der Waals surface area contributed by atoms with Gasteiger partial charge in [0.25, 0.3) is 10.0 Å². The summed E-state index contributed by atoms with van der Waals surface area (Å²) in [5, 5.41) is 26.4. The van der Waals surface area contributed by atoms with Crippen molar-refractivity contribution < 1.29 is 28.2 Å². The van der Waals surface area contributed by atoms with E-state index < -0.39 is 21.9 Å². The zero-order valence-electron chi connectivity index (χ0n) is 17.3. The molecule has 0 heterocycles. The fourth-order valence-electron chi connectivity index (χ4n) is 2.94. The van der Waals surface area contributed by atoms with Crippen LogP contribution in [0.15, 0.2) is 57.6 Å². The molecule has 0 unspecified atom stereocenters. The van der Waals surface area contributed by atoms with Gasteiger partial charge in [-0.2, -0.15) is 10.2 Å². The largest absolute Gasteiger partial charge is 0.507 e. The number of carbonyl (C=O) groups excluding carboxylic acids is 1. The van der Waals surface area contributed by atoms with Crippen molar-refractivity contribution in [2.45, 2.75) is 44.4 Å². The lowest BCUT2D eigenvalue weighted by Gasteiger charge is -2.15. The van der Waals surface area contributed by atoms with Crippen molar-refractivity contribution in [3.8, 4) is 5.75 Å². The standard InChI is InChI=1S/C21H25N3O6S/c1-3-5-14(6-4-2)20(26)24-31(29,30)17-10-7-15(8-11-17)22-23-16-9-12-19(25)18(13-16)21(27)28/h7-14,25H,3-6H2,1-2H3,(H,24,26)(H,27,28). The van der Waals surface area contributed by atoms with Crippen molar-refractivity contribution in [2.24, 2.45) is 16.1 Å². The maximum absolute atomic E-state index is 12.5. The van der Waals surface area contributed by atoms with Crippen molar-refractivity contribution in [1.82, 2.24) is 4.72 Å². The van der Waals surface area contributed by atoms with Gasteiger partial charge in [0.2, 0.25) is 5.91 Å². The number of carboxylic acids is 1. The zero-order chi connectivity index (χ0) is 23.0. The Morgan fingerprint density at radius 1 is 0.968 bits per heavy atom. The summed E-state index contributed by atoms with van der Waals surface area (Å²) in [6, 6.07) is 9.19. The number of hydrogen-bond donors (Lipinski definition) is 3. The van der Waals surface area contributed by atoms with E-state index in [1.54, 1.807) is 0 Å². The predicted octanol–water partition coefficient (Wildman–Crippen LogP) is 4.53.